The molecule has 104 valence electrons. The average Bonchev–Trinajstić information content (AvgIpc) is 2.82. The van der Waals surface area contributed by atoms with Crippen LogP contribution in [0.2, 0.25) is 0 Å². The molecular formula is C12H17N3O4. The summed E-state index contributed by atoms with van der Waals surface area (Å²) in [4.78, 5) is 26.9. The summed E-state index contributed by atoms with van der Waals surface area (Å²) in [5.74, 6) is -0.705. The van der Waals surface area contributed by atoms with Gasteiger partial charge in [0.1, 0.15) is 0 Å². The number of rotatable bonds is 4. The van der Waals surface area contributed by atoms with Gasteiger partial charge in [-0.15, -0.1) is 0 Å². The minimum Gasteiger partial charge on any atom is -0.481 e. The lowest BCUT2D eigenvalue weighted by molar-refractivity contribution is -0.144. The Labute approximate surface area is 110 Å². The molecule has 0 aromatic carbocycles. The second-order valence-corrected chi connectivity index (χ2v) is 4.85. The lowest BCUT2D eigenvalue weighted by atomic mass is 9.81. The number of aromatic nitrogens is 2. The smallest absolute Gasteiger partial charge is 0.306 e. The van der Waals surface area contributed by atoms with Gasteiger partial charge in [0.05, 0.1) is 12.5 Å². The number of carbonyl (C=O) groups excluding carboxylic acids is 1. The van der Waals surface area contributed by atoms with Gasteiger partial charge in [-0.3, -0.25) is 9.59 Å². The zero-order chi connectivity index (χ0) is 13.8. The number of nitrogens with zero attached hydrogens (tertiary/aromatic N) is 2. The Morgan fingerprint density at radius 2 is 2.16 bits per heavy atom. The molecule has 1 aliphatic rings. The number of carboxylic acids is 1. The molecule has 7 nitrogen and oxygen atoms in total. The van der Waals surface area contributed by atoms with Gasteiger partial charge in [0, 0.05) is 12.8 Å². The number of nitrogens with one attached hydrogen (secondary N) is 1. The Balaban J connectivity index is 1.84. The van der Waals surface area contributed by atoms with Crippen molar-refractivity contribution in [2.75, 3.05) is 0 Å². The molecule has 0 spiro atoms. The van der Waals surface area contributed by atoms with Crippen molar-refractivity contribution in [2.45, 2.75) is 39.2 Å². The van der Waals surface area contributed by atoms with Gasteiger partial charge in [0.15, 0.2) is 5.82 Å². The summed E-state index contributed by atoms with van der Waals surface area (Å²) in [7, 11) is 0. The molecule has 2 unspecified atom stereocenters. The molecule has 1 heterocycles. The zero-order valence-corrected chi connectivity index (χ0v) is 10.8. The van der Waals surface area contributed by atoms with Crippen LogP contribution in [0.1, 0.15) is 37.4 Å². The van der Waals surface area contributed by atoms with E-state index in [9.17, 15) is 9.59 Å². The van der Waals surface area contributed by atoms with Gasteiger partial charge in [0.25, 0.3) is 0 Å². The van der Waals surface area contributed by atoms with Crippen LogP contribution in [-0.2, 0) is 16.1 Å². The van der Waals surface area contributed by atoms with Gasteiger partial charge in [-0.05, 0) is 19.3 Å². The van der Waals surface area contributed by atoms with Crippen molar-refractivity contribution in [3.05, 3.63) is 11.7 Å². The summed E-state index contributed by atoms with van der Waals surface area (Å²) in [6.45, 7) is 1.89. The second-order valence-electron chi connectivity index (χ2n) is 4.85. The summed E-state index contributed by atoms with van der Waals surface area (Å²) < 4.78 is 4.80. The Morgan fingerprint density at radius 3 is 2.79 bits per heavy atom. The SMILES string of the molecule is Cc1nc(CNC(=O)C2CCCC(C(=O)O)C2)no1. The van der Waals surface area contributed by atoms with E-state index in [1.54, 1.807) is 6.92 Å². The second kappa shape index (κ2) is 5.81. The van der Waals surface area contributed by atoms with E-state index in [2.05, 4.69) is 15.5 Å². The standard InChI is InChI=1S/C12H17N3O4/c1-7-14-10(15-19-7)6-13-11(16)8-3-2-4-9(5-8)12(17)18/h8-9H,2-6H2,1H3,(H,13,16)(H,17,18). The molecule has 1 aromatic heterocycles. The van der Waals surface area contributed by atoms with Crippen LogP contribution < -0.4 is 5.32 Å². The highest BCUT2D eigenvalue weighted by Gasteiger charge is 2.30. The van der Waals surface area contributed by atoms with E-state index < -0.39 is 11.9 Å². The van der Waals surface area contributed by atoms with Gasteiger partial charge in [-0.25, -0.2) is 0 Å². The fraction of sp³-hybridized carbons (Fsp3) is 0.667. The molecule has 19 heavy (non-hydrogen) atoms. The number of aliphatic carboxylic acids is 1. The Morgan fingerprint density at radius 1 is 1.42 bits per heavy atom. The molecular weight excluding hydrogens is 250 g/mol. The van der Waals surface area contributed by atoms with Gasteiger partial charge in [-0.2, -0.15) is 4.98 Å². The molecule has 2 N–H and O–H groups in total. The first-order valence-electron chi connectivity index (χ1n) is 6.36. The monoisotopic (exact) mass is 267 g/mol. The highest BCUT2D eigenvalue weighted by molar-refractivity contribution is 5.80. The van der Waals surface area contributed by atoms with Crippen LogP contribution in [0.15, 0.2) is 4.52 Å². The lowest BCUT2D eigenvalue weighted by Crippen LogP contribution is -2.35. The third-order valence-corrected chi connectivity index (χ3v) is 3.38. The third-order valence-electron chi connectivity index (χ3n) is 3.38. The average molecular weight is 267 g/mol. The van der Waals surface area contributed by atoms with E-state index in [1.807, 2.05) is 0 Å². The molecule has 1 aliphatic carbocycles. The molecule has 0 aliphatic heterocycles. The number of aryl methyl sites for hydroxylation is 1. The van der Waals surface area contributed by atoms with Crippen LogP contribution in [-0.4, -0.2) is 27.1 Å². The van der Waals surface area contributed by atoms with Crippen LogP contribution in [0.5, 0.6) is 0 Å². The molecule has 1 fully saturated rings. The van der Waals surface area contributed by atoms with E-state index in [0.29, 0.717) is 24.6 Å². The molecule has 1 aromatic rings. The highest BCUT2D eigenvalue weighted by Crippen LogP contribution is 2.29. The maximum atomic E-state index is 12.0. The van der Waals surface area contributed by atoms with Gasteiger partial charge in [-0.1, -0.05) is 11.6 Å². The number of hydrogen-bond donors (Lipinski definition) is 2. The zero-order valence-electron chi connectivity index (χ0n) is 10.8. The van der Waals surface area contributed by atoms with E-state index in [1.165, 1.54) is 0 Å². The largest absolute Gasteiger partial charge is 0.481 e. The molecule has 1 saturated carbocycles. The minimum absolute atomic E-state index is 0.131. The Bertz CT molecular complexity index is 471. The quantitative estimate of drug-likeness (QED) is 0.839. The summed E-state index contributed by atoms with van der Waals surface area (Å²) in [5, 5.41) is 15.4. The molecule has 2 atom stereocenters. The first kappa shape index (κ1) is 13.5. The van der Waals surface area contributed by atoms with Crippen LogP contribution >= 0.6 is 0 Å². The maximum Gasteiger partial charge on any atom is 0.306 e. The van der Waals surface area contributed by atoms with Crippen molar-refractivity contribution < 1.29 is 19.2 Å². The van der Waals surface area contributed by atoms with E-state index in [0.717, 1.165) is 12.8 Å². The van der Waals surface area contributed by atoms with Crippen molar-refractivity contribution in [1.29, 1.82) is 0 Å². The summed E-state index contributed by atoms with van der Waals surface area (Å²) in [6.07, 6.45) is 2.58. The predicted molar refractivity (Wildman–Crippen MR) is 64.0 cm³/mol. The molecule has 0 bridgehead atoms. The van der Waals surface area contributed by atoms with E-state index in [4.69, 9.17) is 9.63 Å². The number of amides is 1. The van der Waals surface area contributed by atoms with E-state index in [-0.39, 0.29) is 18.4 Å². The van der Waals surface area contributed by atoms with Gasteiger partial charge in [0.2, 0.25) is 11.8 Å². The van der Waals surface area contributed by atoms with E-state index >= 15 is 0 Å². The predicted octanol–water partition coefficient (Wildman–Crippen LogP) is 0.885. The number of carbonyl (C=O) groups is 2. The molecule has 7 heteroatoms. The summed E-state index contributed by atoms with van der Waals surface area (Å²) in [5.41, 5.74) is 0. The van der Waals surface area contributed by atoms with Crippen LogP contribution in [0.25, 0.3) is 0 Å². The normalized spacial score (nSPS) is 23.0. The summed E-state index contributed by atoms with van der Waals surface area (Å²) in [6, 6.07) is 0. The number of hydrogen-bond acceptors (Lipinski definition) is 5. The first-order valence-corrected chi connectivity index (χ1v) is 6.36. The lowest BCUT2D eigenvalue weighted by Gasteiger charge is -2.25. The van der Waals surface area contributed by atoms with Crippen molar-refractivity contribution >= 4 is 11.9 Å². The van der Waals surface area contributed by atoms with Crippen LogP contribution in [0.3, 0.4) is 0 Å². The first-order chi connectivity index (χ1) is 9.06. The van der Waals surface area contributed by atoms with Gasteiger partial charge >= 0.3 is 5.97 Å². The Hall–Kier alpha value is -1.92. The maximum absolute atomic E-state index is 12.0. The molecule has 2 rings (SSSR count). The van der Waals surface area contributed by atoms with Gasteiger partial charge < -0.3 is 14.9 Å². The van der Waals surface area contributed by atoms with Crippen molar-refractivity contribution in [3.8, 4) is 0 Å². The third kappa shape index (κ3) is 3.52. The van der Waals surface area contributed by atoms with Crippen LogP contribution in [0.4, 0.5) is 0 Å². The van der Waals surface area contributed by atoms with Crippen LogP contribution in [0, 0.1) is 18.8 Å². The van der Waals surface area contributed by atoms with Crippen molar-refractivity contribution in [1.82, 2.24) is 15.5 Å². The fourth-order valence-electron chi connectivity index (χ4n) is 2.38. The summed E-state index contributed by atoms with van der Waals surface area (Å²) >= 11 is 0. The molecule has 0 saturated heterocycles. The number of carboxylic acid groups (broad SMARTS) is 1. The highest BCUT2D eigenvalue weighted by atomic mass is 16.5. The Kier molecular flexibility index (Phi) is 4.13. The molecule has 1 amide bonds. The minimum atomic E-state index is -0.814. The van der Waals surface area contributed by atoms with Crippen molar-refractivity contribution in [3.63, 3.8) is 0 Å². The fourth-order valence-corrected chi connectivity index (χ4v) is 2.38. The van der Waals surface area contributed by atoms with Crippen molar-refractivity contribution in [2.24, 2.45) is 11.8 Å². The topological polar surface area (TPSA) is 105 Å². The molecule has 0 radical (unpaired) electrons.